The van der Waals surface area contributed by atoms with Crippen molar-refractivity contribution in [2.75, 3.05) is 18.6 Å². The van der Waals surface area contributed by atoms with E-state index in [-0.39, 0.29) is 34.5 Å². The van der Waals surface area contributed by atoms with Crippen molar-refractivity contribution in [3.8, 4) is 0 Å². The lowest BCUT2D eigenvalue weighted by Gasteiger charge is -2.48. The van der Waals surface area contributed by atoms with E-state index in [0.717, 1.165) is 4.90 Å². The molecule has 3 N–H and O–H groups in total. The van der Waals surface area contributed by atoms with Crippen LogP contribution in [-0.4, -0.2) is 64.4 Å². The summed E-state index contributed by atoms with van der Waals surface area (Å²) >= 11 is 0. The predicted octanol–water partition coefficient (Wildman–Crippen LogP) is 2.03. The maximum Gasteiger partial charge on any atom is 0.398 e. The molecule has 198 valence electrons. The fraction of sp³-hybridized carbons (Fsp3) is 0.552. The van der Waals surface area contributed by atoms with Gasteiger partial charge in [0.15, 0.2) is 17.5 Å². The van der Waals surface area contributed by atoms with Crippen molar-refractivity contribution in [1.29, 1.82) is 0 Å². The van der Waals surface area contributed by atoms with Gasteiger partial charge in [0.1, 0.15) is 6.10 Å². The van der Waals surface area contributed by atoms with Crippen LogP contribution in [-0.2, 0) is 19.1 Å². The largest absolute Gasteiger partial charge is 0.447 e. The summed E-state index contributed by atoms with van der Waals surface area (Å²) in [6, 6.07) is 8.57. The second-order valence-electron chi connectivity index (χ2n) is 11.9. The number of Topliss-reactive ketones (excluding diaryl/α,β-unsaturated/α-hetero) is 1. The number of hydrogen-bond acceptors (Lipinski definition) is 7. The quantitative estimate of drug-likeness (QED) is 0.324. The molecule has 0 aromatic heterocycles. The summed E-state index contributed by atoms with van der Waals surface area (Å²) in [6.45, 7) is 7.19. The Labute approximate surface area is 216 Å². The zero-order valence-corrected chi connectivity index (χ0v) is 21.8. The molecule has 5 rings (SSSR count). The van der Waals surface area contributed by atoms with Crippen LogP contribution in [0.5, 0.6) is 0 Å². The normalized spacial score (nSPS) is 39.3. The van der Waals surface area contributed by atoms with Gasteiger partial charge in [-0.25, -0.2) is 4.79 Å². The van der Waals surface area contributed by atoms with Gasteiger partial charge in [-0.1, -0.05) is 51.1 Å². The number of carbonyl (C=O) groups excluding carboxylic acids is 3. The van der Waals surface area contributed by atoms with Crippen molar-refractivity contribution in [3.05, 3.63) is 53.6 Å². The fourth-order valence-corrected chi connectivity index (χ4v) is 7.66. The van der Waals surface area contributed by atoms with Crippen LogP contribution in [0.4, 0.5) is 5.69 Å². The van der Waals surface area contributed by atoms with Crippen molar-refractivity contribution in [1.82, 2.24) is 0 Å². The lowest BCUT2D eigenvalue weighted by molar-refractivity contribution is -0.203. The molecule has 1 aromatic carbocycles. The van der Waals surface area contributed by atoms with Crippen LogP contribution in [0.25, 0.3) is 0 Å². The van der Waals surface area contributed by atoms with E-state index in [4.69, 9.17) is 4.74 Å². The Balaban J connectivity index is 1.55. The molecule has 0 radical (unpaired) electrons. The average Bonchev–Trinajstić information content (AvgIpc) is 3.37. The smallest absolute Gasteiger partial charge is 0.398 e. The number of nitrogens with zero attached hydrogens (tertiary/aromatic N) is 1. The van der Waals surface area contributed by atoms with Gasteiger partial charge in [0.05, 0.1) is 12.0 Å². The molecule has 4 aliphatic carbocycles. The minimum atomic E-state index is -2.28. The summed E-state index contributed by atoms with van der Waals surface area (Å²) < 4.78 is 5.65. The molecule has 37 heavy (non-hydrogen) atoms. The number of rotatable bonds is 3. The Morgan fingerprint density at radius 1 is 1.19 bits per heavy atom. The highest BCUT2D eigenvalue weighted by atomic mass is 16.6. The number of anilines is 1. The molecule has 0 saturated heterocycles. The second kappa shape index (κ2) is 8.35. The van der Waals surface area contributed by atoms with Gasteiger partial charge < -0.3 is 25.0 Å². The van der Waals surface area contributed by atoms with Gasteiger partial charge in [-0.05, 0) is 59.8 Å². The third-order valence-corrected chi connectivity index (χ3v) is 9.74. The summed E-state index contributed by atoms with van der Waals surface area (Å²) in [5.41, 5.74) is -2.92. The molecule has 2 bridgehead atoms. The molecule has 4 aliphatic rings. The van der Waals surface area contributed by atoms with E-state index in [0.29, 0.717) is 17.7 Å². The van der Waals surface area contributed by atoms with E-state index in [9.17, 15) is 29.7 Å². The monoisotopic (exact) mass is 509 g/mol. The summed E-state index contributed by atoms with van der Waals surface area (Å²) in [5, 5.41) is 34.1. The lowest BCUT2D eigenvalue weighted by Crippen LogP contribution is -2.66. The molecule has 0 aliphatic heterocycles. The number of fused-ring (bicyclic) bond motifs is 3. The number of carbonyl (C=O) groups is 3. The van der Waals surface area contributed by atoms with E-state index in [2.05, 4.69) is 13.8 Å². The first-order chi connectivity index (χ1) is 17.3. The standard InChI is InChI=1S/C29H35NO7/c1-15-13-28-16(2)11-20-21(27(20,3)4)19(23(28)33)12-17(14-31)22(32)29(28,36)24(15)37-26(35)25(34)30(5)18-9-7-6-8-10-18/h6-10,12-13,16,19-22,24,31-32,36H,11,14H2,1-5H3/t16-,19+,20-,21+,22-,24+,28+,29+/m1/s1. The van der Waals surface area contributed by atoms with E-state index < -0.39 is 47.6 Å². The minimum absolute atomic E-state index is 0.0225. The number of aliphatic hydroxyl groups is 3. The highest BCUT2D eigenvalue weighted by molar-refractivity contribution is 6.38. The van der Waals surface area contributed by atoms with Crippen LogP contribution in [0.15, 0.2) is 53.6 Å². The van der Waals surface area contributed by atoms with Gasteiger partial charge >= 0.3 is 11.9 Å². The topological polar surface area (TPSA) is 124 Å². The molecular weight excluding hydrogens is 474 g/mol. The molecule has 0 unspecified atom stereocenters. The molecular formula is C29H35NO7. The zero-order chi connectivity index (χ0) is 27.1. The molecule has 8 nitrogen and oxygen atoms in total. The molecule has 1 amide bonds. The first kappa shape index (κ1) is 25.8. The SMILES string of the molecule is CC1=C[C@]23C(=O)[C@@H](C=C(CO)[C@@H](O)[C@]2(O)[C@H]1OC(=O)C(=O)N(C)c1ccccc1)[C@H]1[C@@H](C[C@H]3C)C1(C)C. The van der Waals surface area contributed by atoms with Crippen LogP contribution < -0.4 is 4.90 Å². The van der Waals surface area contributed by atoms with Crippen LogP contribution in [0.2, 0.25) is 0 Å². The van der Waals surface area contributed by atoms with Crippen LogP contribution >= 0.6 is 0 Å². The zero-order valence-electron chi connectivity index (χ0n) is 21.8. The number of aliphatic hydroxyl groups excluding tert-OH is 2. The van der Waals surface area contributed by atoms with Gasteiger partial charge in [0, 0.05) is 18.7 Å². The molecule has 1 spiro atoms. The van der Waals surface area contributed by atoms with E-state index in [1.54, 1.807) is 49.4 Å². The number of ketones is 1. The van der Waals surface area contributed by atoms with Gasteiger partial charge in [-0.3, -0.25) is 9.59 Å². The van der Waals surface area contributed by atoms with E-state index in [1.165, 1.54) is 7.05 Å². The fourth-order valence-electron chi connectivity index (χ4n) is 7.66. The van der Waals surface area contributed by atoms with Gasteiger partial charge in [0.25, 0.3) is 0 Å². The third-order valence-electron chi connectivity index (χ3n) is 9.74. The molecule has 0 heterocycles. The molecule has 1 aromatic rings. The van der Waals surface area contributed by atoms with Gasteiger partial charge in [-0.2, -0.15) is 0 Å². The van der Waals surface area contributed by atoms with Crippen molar-refractivity contribution < 1.29 is 34.4 Å². The summed E-state index contributed by atoms with van der Waals surface area (Å²) in [5.74, 6) is -3.13. The number of allylic oxidation sites excluding steroid dienone is 1. The highest BCUT2D eigenvalue weighted by Gasteiger charge is 2.76. The summed E-state index contributed by atoms with van der Waals surface area (Å²) in [4.78, 5) is 41.5. The number of para-hydroxylation sites is 1. The molecule has 2 fully saturated rings. The maximum atomic E-state index is 14.3. The first-order valence-electron chi connectivity index (χ1n) is 12.8. The molecule has 8 atom stereocenters. The van der Waals surface area contributed by atoms with Crippen LogP contribution in [0, 0.1) is 34.5 Å². The van der Waals surface area contributed by atoms with Crippen molar-refractivity contribution >= 4 is 23.3 Å². The molecule has 8 heteroatoms. The lowest BCUT2D eigenvalue weighted by atomic mass is 9.59. The number of likely N-dealkylation sites (N-methyl/N-ethyl adjacent to an activating group) is 1. The van der Waals surface area contributed by atoms with E-state index in [1.807, 2.05) is 6.92 Å². The number of amides is 1. The third kappa shape index (κ3) is 3.28. The molecule has 2 saturated carbocycles. The number of ether oxygens (including phenoxy) is 1. The van der Waals surface area contributed by atoms with Crippen LogP contribution in [0.3, 0.4) is 0 Å². The van der Waals surface area contributed by atoms with Gasteiger partial charge in [-0.15, -0.1) is 0 Å². The van der Waals surface area contributed by atoms with Crippen LogP contribution in [0.1, 0.15) is 34.1 Å². The van der Waals surface area contributed by atoms with Crippen molar-refractivity contribution in [3.63, 3.8) is 0 Å². The maximum absolute atomic E-state index is 14.3. The predicted molar refractivity (Wildman–Crippen MR) is 135 cm³/mol. The number of esters is 1. The Kier molecular flexibility index (Phi) is 5.83. The Morgan fingerprint density at radius 2 is 1.84 bits per heavy atom. The Morgan fingerprint density at radius 3 is 2.46 bits per heavy atom. The summed E-state index contributed by atoms with van der Waals surface area (Å²) in [7, 11) is 1.44. The Hall–Kier alpha value is -2.81. The van der Waals surface area contributed by atoms with Crippen molar-refractivity contribution in [2.24, 2.45) is 34.5 Å². The minimum Gasteiger partial charge on any atom is -0.447 e. The first-order valence-corrected chi connectivity index (χ1v) is 12.8. The highest BCUT2D eigenvalue weighted by Crippen LogP contribution is 2.71. The average molecular weight is 510 g/mol. The van der Waals surface area contributed by atoms with E-state index >= 15 is 0 Å². The summed E-state index contributed by atoms with van der Waals surface area (Å²) in [6.07, 6.45) is 0.778. The van der Waals surface area contributed by atoms with Gasteiger partial charge in [0.2, 0.25) is 0 Å². The Bertz CT molecular complexity index is 1220. The number of benzene rings is 1. The van der Waals surface area contributed by atoms with Crippen molar-refractivity contribution in [2.45, 2.75) is 51.9 Å². The second-order valence-corrected chi connectivity index (χ2v) is 11.9. The number of hydrogen-bond donors (Lipinski definition) is 3.